The number of ether oxygens (including phenoxy) is 3. The molecule has 3 atom stereocenters. The van der Waals surface area contributed by atoms with Gasteiger partial charge in [0.15, 0.2) is 5.60 Å². The quantitative estimate of drug-likeness (QED) is 0.746. The van der Waals surface area contributed by atoms with E-state index in [2.05, 4.69) is 18.2 Å². The van der Waals surface area contributed by atoms with Gasteiger partial charge in [-0.15, -0.1) is 0 Å². The van der Waals surface area contributed by atoms with Gasteiger partial charge in [-0.2, -0.15) is 5.26 Å². The normalized spacial score (nSPS) is 26.1. The number of nitriles is 1. The topological polar surface area (TPSA) is 51.5 Å². The summed E-state index contributed by atoms with van der Waals surface area (Å²) >= 11 is 0. The van der Waals surface area contributed by atoms with Crippen LogP contribution in [0.4, 0.5) is 0 Å². The average molecular weight is 375 g/mol. The van der Waals surface area contributed by atoms with Gasteiger partial charge in [-0.25, -0.2) is 0 Å². The summed E-state index contributed by atoms with van der Waals surface area (Å²) < 4.78 is 17.7. The summed E-state index contributed by atoms with van der Waals surface area (Å²) in [5.74, 6) is 2.42. The molecule has 4 nitrogen and oxygen atoms in total. The van der Waals surface area contributed by atoms with Crippen LogP contribution in [0.3, 0.4) is 0 Å². The Balaban J connectivity index is 1.91. The highest BCUT2D eigenvalue weighted by Crippen LogP contribution is 2.61. The third-order valence-corrected chi connectivity index (χ3v) is 6.36. The summed E-state index contributed by atoms with van der Waals surface area (Å²) in [6.45, 7) is 0. The summed E-state index contributed by atoms with van der Waals surface area (Å²) in [7, 11) is 5.19. The van der Waals surface area contributed by atoms with Gasteiger partial charge in [0.25, 0.3) is 0 Å². The fourth-order valence-corrected chi connectivity index (χ4v) is 5.21. The van der Waals surface area contributed by atoms with Crippen molar-refractivity contribution in [2.45, 2.75) is 24.9 Å². The highest BCUT2D eigenvalue weighted by atomic mass is 16.5. The largest absolute Gasteiger partial charge is 0.497 e. The highest BCUT2D eigenvalue weighted by molar-refractivity contribution is 5.75. The number of rotatable bonds is 5. The number of fused-ring (bicyclic) bond motifs is 1. The van der Waals surface area contributed by atoms with Gasteiger partial charge in [-0.1, -0.05) is 30.7 Å². The van der Waals surface area contributed by atoms with Crippen molar-refractivity contribution >= 4 is 5.57 Å². The van der Waals surface area contributed by atoms with Gasteiger partial charge in [0.05, 0.1) is 25.9 Å². The van der Waals surface area contributed by atoms with Crippen molar-refractivity contribution in [2.75, 3.05) is 21.3 Å². The van der Waals surface area contributed by atoms with Crippen LogP contribution in [0, 0.1) is 23.2 Å². The van der Waals surface area contributed by atoms with Crippen LogP contribution < -0.4 is 4.74 Å². The second kappa shape index (κ2) is 7.33. The standard InChI is InChI=1S/C24H25NO3/c1-26-19-13-11-18(12-14-19)24(28-3)21-6-4-5-20(21)22(23(24)27-2)17-9-7-16(15-25)8-10-17/h7-14,20-21H,4-6H2,1-3H3. The van der Waals surface area contributed by atoms with E-state index in [9.17, 15) is 0 Å². The fourth-order valence-electron chi connectivity index (χ4n) is 5.21. The first-order chi connectivity index (χ1) is 13.7. The maximum Gasteiger partial charge on any atom is 0.153 e. The number of benzene rings is 2. The monoisotopic (exact) mass is 375 g/mol. The van der Waals surface area contributed by atoms with Crippen LogP contribution in [0.2, 0.25) is 0 Å². The van der Waals surface area contributed by atoms with E-state index in [1.807, 2.05) is 36.4 Å². The number of methoxy groups -OCH3 is 3. The zero-order valence-corrected chi connectivity index (χ0v) is 16.6. The van der Waals surface area contributed by atoms with E-state index >= 15 is 0 Å². The molecule has 1 saturated carbocycles. The first-order valence-corrected chi connectivity index (χ1v) is 9.68. The van der Waals surface area contributed by atoms with Gasteiger partial charge in [-0.3, -0.25) is 0 Å². The van der Waals surface area contributed by atoms with Crippen molar-refractivity contribution in [1.29, 1.82) is 5.26 Å². The van der Waals surface area contributed by atoms with Crippen LogP contribution in [-0.4, -0.2) is 21.3 Å². The summed E-state index contributed by atoms with van der Waals surface area (Å²) in [5, 5.41) is 9.14. The van der Waals surface area contributed by atoms with Crippen molar-refractivity contribution in [1.82, 2.24) is 0 Å². The third-order valence-electron chi connectivity index (χ3n) is 6.36. The molecule has 4 rings (SSSR count). The molecule has 0 bridgehead atoms. The van der Waals surface area contributed by atoms with E-state index in [4.69, 9.17) is 19.5 Å². The molecule has 0 heterocycles. The minimum atomic E-state index is -0.606. The lowest BCUT2D eigenvalue weighted by molar-refractivity contribution is -0.0604. The van der Waals surface area contributed by atoms with E-state index < -0.39 is 5.60 Å². The predicted octanol–water partition coefficient (Wildman–Crippen LogP) is 4.90. The molecule has 0 radical (unpaired) electrons. The summed E-state index contributed by atoms with van der Waals surface area (Å²) in [6.07, 6.45) is 3.39. The van der Waals surface area contributed by atoms with E-state index in [0.29, 0.717) is 17.4 Å². The fraction of sp³-hybridized carbons (Fsp3) is 0.375. The molecule has 28 heavy (non-hydrogen) atoms. The van der Waals surface area contributed by atoms with E-state index in [-0.39, 0.29) is 0 Å². The second-order valence-electron chi connectivity index (χ2n) is 7.45. The van der Waals surface area contributed by atoms with Gasteiger partial charge in [0, 0.05) is 18.6 Å². The minimum Gasteiger partial charge on any atom is -0.497 e. The molecule has 0 amide bonds. The van der Waals surface area contributed by atoms with Crippen molar-refractivity contribution in [3.05, 3.63) is 71.0 Å². The van der Waals surface area contributed by atoms with Gasteiger partial charge in [0.2, 0.25) is 0 Å². The molecule has 0 spiro atoms. The SMILES string of the molecule is COC1=C(c2ccc(C#N)cc2)C2CCCC2C1(OC)c1ccc(OC)cc1. The van der Waals surface area contributed by atoms with Crippen molar-refractivity contribution in [3.8, 4) is 11.8 Å². The van der Waals surface area contributed by atoms with Crippen LogP contribution in [0.5, 0.6) is 5.75 Å². The van der Waals surface area contributed by atoms with Crippen LogP contribution in [0.25, 0.3) is 5.57 Å². The first kappa shape index (κ1) is 18.6. The summed E-state index contributed by atoms with van der Waals surface area (Å²) in [6, 6.07) is 18.1. The molecule has 144 valence electrons. The average Bonchev–Trinajstić information content (AvgIpc) is 3.33. The zero-order valence-electron chi connectivity index (χ0n) is 16.6. The van der Waals surface area contributed by atoms with Gasteiger partial charge in [-0.05, 0) is 54.2 Å². The summed E-state index contributed by atoms with van der Waals surface area (Å²) in [4.78, 5) is 0. The van der Waals surface area contributed by atoms with Gasteiger partial charge in [0.1, 0.15) is 11.5 Å². The van der Waals surface area contributed by atoms with Crippen LogP contribution in [0.15, 0.2) is 54.3 Å². The van der Waals surface area contributed by atoms with Crippen molar-refractivity contribution in [3.63, 3.8) is 0 Å². The molecule has 0 saturated heterocycles. The maximum atomic E-state index is 9.14. The smallest absolute Gasteiger partial charge is 0.153 e. The Bertz CT molecular complexity index is 924. The van der Waals surface area contributed by atoms with Crippen molar-refractivity contribution < 1.29 is 14.2 Å². The number of allylic oxidation sites excluding steroid dienone is 1. The molecule has 2 aliphatic carbocycles. The highest BCUT2D eigenvalue weighted by Gasteiger charge is 2.58. The Hall–Kier alpha value is -2.77. The second-order valence-corrected chi connectivity index (χ2v) is 7.45. The minimum absolute atomic E-state index is 0.325. The lowest BCUT2D eigenvalue weighted by Crippen LogP contribution is -2.37. The lowest BCUT2D eigenvalue weighted by atomic mass is 9.79. The van der Waals surface area contributed by atoms with Gasteiger partial charge >= 0.3 is 0 Å². The Labute approximate surface area is 166 Å². The molecule has 0 aliphatic heterocycles. The molecule has 2 aliphatic rings. The molecule has 0 aromatic heterocycles. The Morgan fingerprint density at radius 2 is 1.64 bits per heavy atom. The predicted molar refractivity (Wildman–Crippen MR) is 108 cm³/mol. The summed E-state index contributed by atoms with van der Waals surface area (Å²) in [5.41, 5.74) is 3.48. The first-order valence-electron chi connectivity index (χ1n) is 9.68. The number of hydrogen-bond donors (Lipinski definition) is 0. The molecule has 1 fully saturated rings. The zero-order chi connectivity index (χ0) is 19.7. The molecule has 2 aromatic rings. The van der Waals surface area contributed by atoms with E-state index in [1.165, 1.54) is 12.0 Å². The van der Waals surface area contributed by atoms with E-state index in [1.54, 1.807) is 21.3 Å². The molecule has 2 aromatic carbocycles. The Kier molecular flexibility index (Phi) is 4.87. The number of nitrogens with zero attached hydrogens (tertiary/aromatic N) is 1. The van der Waals surface area contributed by atoms with Crippen LogP contribution >= 0.6 is 0 Å². The molecular weight excluding hydrogens is 350 g/mol. The van der Waals surface area contributed by atoms with Crippen LogP contribution in [-0.2, 0) is 15.1 Å². The van der Waals surface area contributed by atoms with E-state index in [0.717, 1.165) is 35.5 Å². The lowest BCUT2D eigenvalue weighted by Gasteiger charge is -2.36. The molecular formula is C24H25NO3. The van der Waals surface area contributed by atoms with Crippen LogP contribution in [0.1, 0.15) is 36.0 Å². The number of hydrogen-bond acceptors (Lipinski definition) is 4. The molecule has 3 unspecified atom stereocenters. The van der Waals surface area contributed by atoms with Crippen molar-refractivity contribution in [2.24, 2.45) is 11.8 Å². The maximum absolute atomic E-state index is 9.14. The molecule has 0 N–H and O–H groups in total. The third kappa shape index (κ3) is 2.62. The Morgan fingerprint density at radius 1 is 0.929 bits per heavy atom. The van der Waals surface area contributed by atoms with Gasteiger partial charge < -0.3 is 14.2 Å². The Morgan fingerprint density at radius 3 is 2.21 bits per heavy atom. The molecule has 4 heteroatoms.